The molecule has 90 valence electrons. The summed E-state index contributed by atoms with van der Waals surface area (Å²) in [4.78, 5) is 6.63. The molecule has 0 amide bonds. The van der Waals surface area contributed by atoms with E-state index >= 15 is 0 Å². The average Bonchev–Trinajstić information content (AvgIpc) is 2.28. The van der Waals surface area contributed by atoms with Crippen LogP contribution in [0.15, 0.2) is 6.07 Å². The van der Waals surface area contributed by atoms with Crippen molar-refractivity contribution in [3.8, 4) is 6.07 Å². The van der Waals surface area contributed by atoms with Crippen molar-refractivity contribution in [1.82, 2.24) is 10.3 Å². The molecule has 1 unspecified atom stereocenters. The van der Waals surface area contributed by atoms with Crippen LogP contribution in [0.3, 0.4) is 0 Å². The van der Waals surface area contributed by atoms with E-state index in [-0.39, 0.29) is 0 Å². The van der Waals surface area contributed by atoms with E-state index in [1.807, 2.05) is 19.9 Å². The Hall–Kier alpha value is -1.60. The number of anilines is 1. The van der Waals surface area contributed by atoms with Gasteiger partial charge in [-0.25, -0.2) is 0 Å². The van der Waals surface area contributed by atoms with Gasteiger partial charge in [0.1, 0.15) is 6.07 Å². The molecule has 0 aliphatic carbocycles. The fraction of sp³-hybridized carbons (Fsp3) is 0.538. The number of nitrogens with zero attached hydrogens (tertiary/aromatic N) is 3. The van der Waals surface area contributed by atoms with Crippen LogP contribution in [0.4, 0.5) is 5.69 Å². The fourth-order valence-electron chi connectivity index (χ4n) is 2.35. The second-order valence-electron chi connectivity index (χ2n) is 4.66. The Bertz CT molecular complexity index is 461. The zero-order valence-electron chi connectivity index (χ0n) is 10.6. The van der Waals surface area contributed by atoms with Crippen molar-refractivity contribution in [1.29, 1.82) is 5.26 Å². The van der Waals surface area contributed by atoms with Crippen molar-refractivity contribution in [3.05, 3.63) is 23.0 Å². The predicted molar refractivity (Wildman–Crippen MR) is 68.1 cm³/mol. The highest BCUT2D eigenvalue weighted by Crippen LogP contribution is 2.24. The lowest BCUT2D eigenvalue weighted by atomic mass is 10.1. The number of aromatic nitrogens is 1. The van der Waals surface area contributed by atoms with E-state index in [0.717, 1.165) is 36.7 Å². The minimum absolute atomic E-state index is 0.462. The van der Waals surface area contributed by atoms with Crippen LogP contribution in [-0.2, 0) is 0 Å². The molecule has 0 aromatic carbocycles. The highest BCUT2D eigenvalue weighted by molar-refractivity contribution is 5.62. The van der Waals surface area contributed by atoms with Crippen LogP contribution in [0.25, 0.3) is 0 Å². The lowest BCUT2D eigenvalue weighted by molar-refractivity contribution is 0.484. The maximum absolute atomic E-state index is 9.25. The van der Waals surface area contributed by atoms with Crippen LogP contribution in [0.2, 0.25) is 0 Å². The molecule has 1 N–H and O–H groups in total. The third kappa shape index (κ3) is 2.40. The molecule has 0 saturated carbocycles. The normalized spacial score (nSPS) is 20.1. The maximum atomic E-state index is 9.25. The molecule has 4 nitrogen and oxygen atoms in total. The van der Waals surface area contributed by atoms with Gasteiger partial charge in [-0.3, -0.25) is 4.98 Å². The second kappa shape index (κ2) is 4.72. The van der Waals surface area contributed by atoms with Crippen molar-refractivity contribution in [2.24, 2.45) is 0 Å². The van der Waals surface area contributed by atoms with Crippen LogP contribution in [0, 0.1) is 25.2 Å². The van der Waals surface area contributed by atoms with Crippen molar-refractivity contribution in [2.75, 3.05) is 24.5 Å². The molecular formula is C13H18N4. The maximum Gasteiger partial charge on any atom is 0.103 e. The quantitative estimate of drug-likeness (QED) is 0.791. The first kappa shape index (κ1) is 11.9. The van der Waals surface area contributed by atoms with Gasteiger partial charge in [0, 0.05) is 31.4 Å². The van der Waals surface area contributed by atoms with E-state index in [9.17, 15) is 5.26 Å². The Labute approximate surface area is 102 Å². The number of piperazine rings is 1. The molecule has 0 radical (unpaired) electrons. The van der Waals surface area contributed by atoms with E-state index in [4.69, 9.17) is 0 Å². The molecule has 1 aliphatic heterocycles. The van der Waals surface area contributed by atoms with Gasteiger partial charge in [-0.2, -0.15) is 5.26 Å². The van der Waals surface area contributed by atoms with Gasteiger partial charge in [-0.05, 0) is 26.8 Å². The minimum atomic E-state index is 0.462. The third-order valence-corrected chi connectivity index (χ3v) is 3.13. The average molecular weight is 230 g/mol. The fourth-order valence-corrected chi connectivity index (χ4v) is 2.35. The van der Waals surface area contributed by atoms with Gasteiger partial charge in [0.15, 0.2) is 0 Å². The molecule has 1 fully saturated rings. The zero-order chi connectivity index (χ0) is 12.4. The Balaban J connectivity index is 2.40. The van der Waals surface area contributed by atoms with E-state index in [0.29, 0.717) is 11.6 Å². The van der Waals surface area contributed by atoms with Crippen LogP contribution < -0.4 is 10.2 Å². The first-order valence-electron chi connectivity index (χ1n) is 5.98. The number of pyridine rings is 1. The first-order chi connectivity index (χ1) is 8.11. The zero-order valence-corrected chi connectivity index (χ0v) is 10.6. The summed E-state index contributed by atoms with van der Waals surface area (Å²) < 4.78 is 0. The summed E-state index contributed by atoms with van der Waals surface area (Å²) in [5.41, 5.74) is 3.55. The van der Waals surface area contributed by atoms with E-state index < -0.39 is 0 Å². The first-order valence-corrected chi connectivity index (χ1v) is 5.98. The summed E-state index contributed by atoms with van der Waals surface area (Å²) in [5, 5.41) is 12.7. The standard InChI is InChI=1S/C13H18N4/c1-9-6-13(12(7-14)11(3)16-9)17-5-4-15-10(2)8-17/h6,10,15H,4-5,8H2,1-3H3. The number of nitriles is 1. The van der Waals surface area contributed by atoms with Crippen molar-refractivity contribution < 1.29 is 0 Å². The molecule has 1 aromatic heterocycles. The van der Waals surface area contributed by atoms with Gasteiger partial charge in [0.25, 0.3) is 0 Å². The molecule has 1 aliphatic rings. The molecule has 17 heavy (non-hydrogen) atoms. The van der Waals surface area contributed by atoms with E-state index in [1.54, 1.807) is 0 Å². The molecule has 1 saturated heterocycles. The Morgan fingerprint density at radius 1 is 1.53 bits per heavy atom. The Morgan fingerprint density at radius 3 is 2.94 bits per heavy atom. The SMILES string of the molecule is Cc1cc(N2CCNC(C)C2)c(C#N)c(C)n1. The highest BCUT2D eigenvalue weighted by atomic mass is 15.2. The molecule has 1 aromatic rings. The van der Waals surface area contributed by atoms with Gasteiger partial charge in [0.05, 0.1) is 16.9 Å². The molecule has 2 heterocycles. The van der Waals surface area contributed by atoms with Gasteiger partial charge >= 0.3 is 0 Å². The van der Waals surface area contributed by atoms with Crippen LogP contribution >= 0.6 is 0 Å². The van der Waals surface area contributed by atoms with Crippen LogP contribution in [-0.4, -0.2) is 30.7 Å². The summed E-state index contributed by atoms with van der Waals surface area (Å²) in [5.74, 6) is 0. The minimum Gasteiger partial charge on any atom is -0.368 e. The van der Waals surface area contributed by atoms with Crippen LogP contribution in [0.5, 0.6) is 0 Å². The number of hydrogen-bond acceptors (Lipinski definition) is 4. The lowest BCUT2D eigenvalue weighted by Crippen LogP contribution is -2.49. The lowest BCUT2D eigenvalue weighted by Gasteiger charge is -2.34. The molecule has 1 atom stereocenters. The van der Waals surface area contributed by atoms with Crippen molar-refractivity contribution >= 4 is 5.69 Å². The molecule has 0 bridgehead atoms. The summed E-state index contributed by atoms with van der Waals surface area (Å²) >= 11 is 0. The monoisotopic (exact) mass is 230 g/mol. The Morgan fingerprint density at radius 2 is 2.29 bits per heavy atom. The summed E-state index contributed by atoms with van der Waals surface area (Å²) in [6.07, 6.45) is 0. The molecular weight excluding hydrogens is 212 g/mol. The number of hydrogen-bond donors (Lipinski definition) is 1. The second-order valence-corrected chi connectivity index (χ2v) is 4.66. The smallest absolute Gasteiger partial charge is 0.103 e. The Kier molecular flexibility index (Phi) is 3.30. The van der Waals surface area contributed by atoms with Gasteiger partial charge in [-0.15, -0.1) is 0 Å². The number of nitrogens with one attached hydrogen (secondary N) is 1. The number of rotatable bonds is 1. The topological polar surface area (TPSA) is 52.0 Å². The summed E-state index contributed by atoms with van der Waals surface area (Å²) in [6, 6.07) is 4.76. The molecule has 2 rings (SSSR count). The van der Waals surface area contributed by atoms with Crippen molar-refractivity contribution in [2.45, 2.75) is 26.8 Å². The number of aryl methyl sites for hydroxylation is 2. The third-order valence-electron chi connectivity index (χ3n) is 3.13. The predicted octanol–water partition coefficient (Wildman–Crippen LogP) is 1.37. The van der Waals surface area contributed by atoms with Gasteiger partial charge in [0.2, 0.25) is 0 Å². The summed E-state index contributed by atoms with van der Waals surface area (Å²) in [7, 11) is 0. The highest BCUT2D eigenvalue weighted by Gasteiger charge is 2.20. The van der Waals surface area contributed by atoms with E-state index in [2.05, 4.69) is 28.2 Å². The summed E-state index contributed by atoms with van der Waals surface area (Å²) in [6.45, 7) is 8.90. The molecule has 0 spiro atoms. The largest absolute Gasteiger partial charge is 0.368 e. The van der Waals surface area contributed by atoms with Gasteiger partial charge in [-0.1, -0.05) is 0 Å². The van der Waals surface area contributed by atoms with E-state index in [1.165, 1.54) is 0 Å². The van der Waals surface area contributed by atoms with Crippen molar-refractivity contribution in [3.63, 3.8) is 0 Å². The molecule has 4 heteroatoms. The van der Waals surface area contributed by atoms with Crippen LogP contribution in [0.1, 0.15) is 23.9 Å². The van der Waals surface area contributed by atoms with Gasteiger partial charge < -0.3 is 10.2 Å².